The number of amides is 1. The first kappa shape index (κ1) is 20.4. The molecule has 6 heteroatoms. The SMILES string of the molecule is CCC(C)(C)[C@H]1CCc2c(sc(NC(=O)C[C@H](C)CC(=O)O)c2C#N)C1. The normalized spacial score (nSPS) is 17.9. The van der Waals surface area contributed by atoms with Gasteiger partial charge in [0.1, 0.15) is 11.1 Å². The summed E-state index contributed by atoms with van der Waals surface area (Å²) in [5.41, 5.74) is 1.95. The molecule has 0 spiro atoms. The van der Waals surface area contributed by atoms with Crippen LogP contribution in [0.25, 0.3) is 0 Å². The number of carboxylic acids is 1. The van der Waals surface area contributed by atoms with Gasteiger partial charge in [0, 0.05) is 17.7 Å². The van der Waals surface area contributed by atoms with Crippen molar-refractivity contribution in [2.45, 2.75) is 66.2 Å². The highest BCUT2D eigenvalue weighted by Crippen LogP contribution is 2.45. The fourth-order valence-electron chi connectivity index (χ4n) is 3.61. The maximum atomic E-state index is 12.2. The number of carbonyl (C=O) groups is 2. The van der Waals surface area contributed by atoms with E-state index >= 15 is 0 Å². The number of carbonyl (C=O) groups excluding carboxylic acids is 1. The molecule has 2 rings (SSSR count). The fourth-order valence-corrected chi connectivity index (χ4v) is 4.91. The van der Waals surface area contributed by atoms with Crippen molar-refractivity contribution in [1.82, 2.24) is 0 Å². The summed E-state index contributed by atoms with van der Waals surface area (Å²) in [4.78, 5) is 24.2. The third-order valence-electron chi connectivity index (χ3n) is 5.70. The lowest BCUT2D eigenvalue weighted by molar-refractivity contribution is -0.138. The first-order valence-electron chi connectivity index (χ1n) is 9.24. The Morgan fingerprint density at radius 1 is 1.42 bits per heavy atom. The number of fused-ring (bicyclic) bond motifs is 1. The van der Waals surface area contributed by atoms with Crippen LogP contribution in [0.2, 0.25) is 0 Å². The van der Waals surface area contributed by atoms with Gasteiger partial charge >= 0.3 is 5.97 Å². The first-order valence-corrected chi connectivity index (χ1v) is 10.1. The van der Waals surface area contributed by atoms with Crippen molar-refractivity contribution < 1.29 is 14.7 Å². The van der Waals surface area contributed by atoms with Gasteiger partial charge in [0.15, 0.2) is 0 Å². The summed E-state index contributed by atoms with van der Waals surface area (Å²) in [6.45, 7) is 8.56. The van der Waals surface area contributed by atoms with Crippen molar-refractivity contribution in [3.05, 3.63) is 16.0 Å². The molecule has 2 N–H and O–H groups in total. The lowest BCUT2D eigenvalue weighted by atomic mass is 9.69. The number of anilines is 1. The van der Waals surface area contributed by atoms with Gasteiger partial charge in [0.25, 0.3) is 0 Å². The largest absolute Gasteiger partial charge is 0.481 e. The molecular formula is C20H28N2O3S. The predicted octanol–water partition coefficient (Wildman–Crippen LogP) is 4.60. The van der Waals surface area contributed by atoms with Gasteiger partial charge < -0.3 is 10.4 Å². The zero-order valence-electron chi connectivity index (χ0n) is 16.0. The van der Waals surface area contributed by atoms with Crippen LogP contribution >= 0.6 is 11.3 Å². The molecule has 0 saturated carbocycles. The summed E-state index contributed by atoms with van der Waals surface area (Å²) in [7, 11) is 0. The summed E-state index contributed by atoms with van der Waals surface area (Å²) in [5.74, 6) is -0.773. The molecule has 1 aromatic rings. The standard InChI is InChI=1S/C20H28N2O3S/c1-5-20(3,4)13-6-7-14-15(11-21)19(26-16(14)10-13)22-17(23)8-12(2)9-18(24)25/h12-13H,5-10H2,1-4H3,(H,22,23)(H,24,25)/t12-,13-/m0/s1. The van der Waals surface area contributed by atoms with Gasteiger partial charge in [-0.15, -0.1) is 11.3 Å². The molecule has 1 aliphatic carbocycles. The predicted molar refractivity (Wildman–Crippen MR) is 103 cm³/mol. The fraction of sp³-hybridized carbons (Fsp3) is 0.650. The van der Waals surface area contributed by atoms with Crippen LogP contribution in [0.4, 0.5) is 5.00 Å². The maximum Gasteiger partial charge on any atom is 0.303 e. The minimum Gasteiger partial charge on any atom is -0.481 e. The average molecular weight is 377 g/mol. The zero-order chi connectivity index (χ0) is 19.5. The van der Waals surface area contributed by atoms with Crippen molar-refractivity contribution in [1.29, 1.82) is 5.26 Å². The van der Waals surface area contributed by atoms with Gasteiger partial charge in [0.2, 0.25) is 5.91 Å². The minimum atomic E-state index is -0.904. The topological polar surface area (TPSA) is 90.2 Å². The first-order chi connectivity index (χ1) is 12.2. The van der Waals surface area contributed by atoms with Crippen molar-refractivity contribution in [3.63, 3.8) is 0 Å². The van der Waals surface area contributed by atoms with Crippen LogP contribution in [-0.4, -0.2) is 17.0 Å². The second-order valence-electron chi connectivity index (χ2n) is 8.06. The van der Waals surface area contributed by atoms with E-state index in [0.717, 1.165) is 31.2 Å². The monoisotopic (exact) mass is 376 g/mol. The number of hydrogen-bond donors (Lipinski definition) is 2. The summed E-state index contributed by atoms with van der Waals surface area (Å²) in [5, 5.41) is 21.9. The number of rotatable bonds is 7. The molecule has 2 atom stereocenters. The number of carboxylic acid groups (broad SMARTS) is 1. The molecule has 0 aliphatic heterocycles. The molecular weight excluding hydrogens is 348 g/mol. The van der Waals surface area contributed by atoms with Gasteiger partial charge in [-0.05, 0) is 42.1 Å². The highest BCUT2D eigenvalue weighted by Gasteiger charge is 2.34. The molecule has 0 fully saturated rings. The second kappa shape index (κ2) is 8.22. The Hall–Kier alpha value is -1.87. The van der Waals surface area contributed by atoms with E-state index in [2.05, 4.69) is 32.2 Å². The van der Waals surface area contributed by atoms with E-state index in [9.17, 15) is 14.9 Å². The molecule has 5 nitrogen and oxygen atoms in total. The van der Waals surface area contributed by atoms with Crippen LogP contribution in [0.1, 0.15) is 69.4 Å². The molecule has 0 unspecified atom stereocenters. The van der Waals surface area contributed by atoms with Crippen molar-refractivity contribution in [2.75, 3.05) is 5.32 Å². The van der Waals surface area contributed by atoms with Gasteiger partial charge in [-0.3, -0.25) is 9.59 Å². The summed E-state index contributed by atoms with van der Waals surface area (Å²) in [6.07, 6.45) is 4.14. The minimum absolute atomic E-state index is 0.0345. The Morgan fingerprint density at radius 3 is 2.69 bits per heavy atom. The van der Waals surface area contributed by atoms with Crippen LogP contribution < -0.4 is 5.32 Å². The van der Waals surface area contributed by atoms with E-state index in [0.29, 0.717) is 16.5 Å². The quantitative estimate of drug-likeness (QED) is 0.727. The summed E-state index contributed by atoms with van der Waals surface area (Å²) < 4.78 is 0. The third-order valence-corrected chi connectivity index (χ3v) is 6.87. The number of nitrogens with one attached hydrogen (secondary N) is 1. The van der Waals surface area contributed by atoms with E-state index < -0.39 is 5.97 Å². The molecule has 0 aromatic carbocycles. The molecule has 0 bridgehead atoms. The molecule has 1 amide bonds. The molecule has 1 aromatic heterocycles. The Kier molecular flexibility index (Phi) is 6.46. The van der Waals surface area contributed by atoms with E-state index in [1.165, 1.54) is 16.2 Å². The maximum absolute atomic E-state index is 12.2. The number of thiophene rings is 1. The third kappa shape index (κ3) is 4.64. The number of hydrogen-bond acceptors (Lipinski definition) is 4. The zero-order valence-corrected chi connectivity index (χ0v) is 16.8. The lowest BCUT2D eigenvalue weighted by Gasteiger charge is -2.36. The van der Waals surface area contributed by atoms with Gasteiger partial charge in [-0.25, -0.2) is 0 Å². The van der Waals surface area contributed by atoms with E-state index in [4.69, 9.17) is 5.11 Å². The molecule has 26 heavy (non-hydrogen) atoms. The Balaban J connectivity index is 2.14. The van der Waals surface area contributed by atoms with Crippen molar-refractivity contribution in [3.8, 4) is 6.07 Å². The van der Waals surface area contributed by atoms with Gasteiger partial charge in [-0.1, -0.05) is 34.1 Å². The average Bonchev–Trinajstić information content (AvgIpc) is 2.89. The highest BCUT2D eigenvalue weighted by atomic mass is 32.1. The second-order valence-corrected chi connectivity index (χ2v) is 9.16. The van der Waals surface area contributed by atoms with Crippen LogP contribution in [-0.2, 0) is 22.4 Å². The Morgan fingerprint density at radius 2 is 2.12 bits per heavy atom. The number of nitriles is 1. The smallest absolute Gasteiger partial charge is 0.303 e. The number of aliphatic carboxylic acids is 1. The Labute approximate surface area is 159 Å². The van der Waals surface area contributed by atoms with Gasteiger partial charge in [-0.2, -0.15) is 5.26 Å². The van der Waals surface area contributed by atoms with E-state index in [-0.39, 0.29) is 30.1 Å². The lowest BCUT2D eigenvalue weighted by Crippen LogP contribution is -2.28. The van der Waals surface area contributed by atoms with Crippen molar-refractivity contribution in [2.24, 2.45) is 17.3 Å². The Bertz CT molecular complexity index is 730. The molecule has 0 radical (unpaired) electrons. The van der Waals surface area contributed by atoms with Crippen LogP contribution in [0, 0.1) is 28.6 Å². The number of nitrogens with zero attached hydrogens (tertiary/aromatic N) is 1. The van der Waals surface area contributed by atoms with Gasteiger partial charge in [0.05, 0.1) is 5.56 Å². The van der Waals surface area contributed by atoms with Crippen LogP contribution in [0.3, 0.4) is 0 Å². The van der Waals surface area contributed by atoms with Crippen molar-refractivity contribution >= 4 is 28.2 Å². The van der Waals surface area contributed by atoms with E-state index in [1.54, 1.807) is 6.92 Å². The van der Waals surface area contributed by atoms with Crippen LogP contribution in [0.5, 0.6) is 0 Å². The molecule has 142 valence electrons. The molecule has 1 aliphatic rings. The molecule has 1 heterocycles. The van der Waals surface area contributed by atoms with Crippen LogP contribution in [0.15, 0.2) is 0 Å². The summed E-state index contributed by atoms with van der Waals surface area (Å²) >= 11 is 1.52. The molecule has 0 saturated heterocycles. The highest BCUT2D eigenvalue weighted by molar-refractivity contribution is 7.16. The summed E-state index contributed by atoms with van der Waals surface area (Å²) in [6, 6.07) is 2.26. The van der Waals surface area contributed by atoms with E-state index in [1.807, 2.05) is 0 Å².